The number of carbonyl (C=O) groups is 2. The average molecular weight is 216 g/mol. The molecule has 0 saturated carbocycles. The zero-order chi connectivity index (χ0) is 10.6. The Balaban J connectivity index is 4.28. The normalized spacial score (nSPS) is 13.8. The minimum atomic E-state index is -4.80. The molecule has 0 aromatic heterocycles. The predicted octanol–water partition coefficient (Wildman–Crippen LogP) is 1.53. The van der Waals surface area contributed by atoms with Crippen LogP contribution in [0.25, 0.3) is 0 Å². The fourth-order valence-corrected chi connectivity index (χ4v) is 1.24. The van der Waals surface area contributed by atoms with E-state index in [9.17, 15) is 22.8 Å². The van der Waals surface area contributed by atoms with Gasteiger partial charge >= 0.3 is 12.1 Å². The molecule has 0 aliphatic rings. The van der Waals surface area contributed by atoms with Gasteiger partial charge in [0.2, 0.25) is 0 Å². The lowest BCUT2D eigenvalue weighted by Crippen LogP contribution is -2.32. The van der Waals surface area contributed by atoms with E-state index in [-0.39, 0.29) is 0 Å². The Morgan fingerprint density at radius 1 is 1.46 bits per heavy atom. The number of hydrogen-bond acceptors (Lipinski definition) is 3. The summed E-state index contributed by atoms with van der Waals surface area (Å²) in [7, 11) is 0. The van der Waals surface area contributed by atoms with Gasteiger partial charge in [0, 0.05) is 12.7 Å². The van der Waals surface area contributed by atoms with E-state index in [0.29, 0.717) is 11.8 Å². The predicted molar refractivity (Wildman–Crippen MR) is 40.3 cm³/mol. The molecule has 3 nitrogen and oxygen atoms in total. The standard InChI is InChI=1S/C6H7F3O3S/c1-3(10)13-2-4(5(11)12)6(7,8)9/h4H,2H2,1H3,(H,11,12)/t4-/m0/s1. The Morgan fingerprint density at radius 2 is 1.92 bits per heavy atom. The molecule has 0 fully saturated rings. The maximum Gasteiger partial charge on any atom is 0.403 e. The van der Waals surface area contributed by atoms with Crippen molar-refractivity contribution in [2.45, 2.75) is 13.1 Å². The van der Waals surface area contributed by atoms with Gasteiger partial charge in [0.15, 0.2) is 11.0 Å². The summed E-state index contributed by atoms with van der Waals surface area (Å²) in [6, 6.07) is 0. The first-order valence-corrected chi connectivity index (χ1v) is 4.16. The molecule has 13 heavy (non-hydrogen) atoms. The molecule has 1 N–H and O–H groups in total. The van der Waals surface area contributed by atoms with Crippen LogP contribution < -0.4 is 0 Å². The van der Waals surface area contributed by atoms with Crippen LogP contribution in [0.15, 0.2) is 0 Å². The maximum atomic E-state index is 11.9. The van der Waals surface area contributed by atoms with Crippen LogP contribution in [0, 0.1) is 5.92 Å². The Hall–Kier alpha value is -0.720. The molecule has 0 radical (unpaired) electrons. The number of rotatable bonds is 3. The van der Waals surface area contributed by atoms with E-state index >= 15 is 0 Å². The molecule has 0 aromatic carbocycles. The Kier molecular flexibility index (Phi) is 4.25. The summed E-state index contributed by atoms with van der Waals surface area (Å²) in [6.45, 7) is 1.08. The van der Waals surface area contributed by atoms with Crippen LogP contribution in [-0.4, -0.2) is 28.1 Å². The van der Waals surface area contributed by atoms with Gasteiger partial charge in [0.1, 0.15) is 0 Å². The van der Waals surface area contributed by atoms with Crippen molar-refractivity contribution in [3.05, 3.63) is 0 Å². The Labute approximate surface area is 76.3 Å². The molecule has 0 bridgehead atoms. The van der Waals surface area contributed by atoms with E-state index in [0.717, 1.165) is 6.92 Å². The van der Waals surface area contributed by atoms with Crippen LogP contribution in [-0.2, 0) is 9.59 Å². The summed E-state index contributed by atoms with van der Waals surface area (Å²) >= 11 is 0.355. The molecule has 0 unspecified atom stereocenters. The fraction of sp³-hybridized carbons (Fsp3) is 0.667. The largest absolute Gasteiger partial charge is 0.481 e. The van der Waals surface area contributed by atoms with E-state index in [1.165, 1.54) is 0 Å². The first kappa shape index (κ1) is 12.3. The van der Waals surface area contributed by atoms with E-state index in [2.05, 4.69) is 0 Å². The average Bonchev–Trinajstić information content (AvgIpc) is 1.81. The molecule has 0 aliphatic carbocycles. The van der Waals surface area contributed by atoms with Gasteiger partial charge in [-0.25, -0.2) is 0 Å². The lowest BCUT2D eigenvalue weighted by atomic mass is 10.2. The zero-order valence-electron chi connectivity index (χ0n) is 6.59. The van der Waals surface area contributed by atoms with E-state index in [1.54, 1.807) is 0 Å². The smallest absolute Gasteiger partial charge is 0.403 e. The number of alkyl halides is 3. The van der Waals surface area contributed by atoms with Gasteiger partial charge in [0.05, 0.1) is 0 Å². The first-order valence-electron chi connectivity index (χ1n) is 3.18. The number of carboxylic acids is 1. The van der Waals surface area contributed by atoms with Gasteiger partial charge in [-0.3, -0.25) is 9.59 Å². The topological polar surface area (TPSA) is 54.4 Å². The molecule has 7 heteroatoms. The van der Waals surface area contributed by atoms with Crippen molar-refractivity contribution in [2.24, 2.45) is 5.92 Å². The van der Waals surface area contributed by atoms with Gasteiger partial charge < -0.3 is 5.11 Å². The molecule has 0 heterocycles. The summed E-state index contributed by atoms with van der Waals surface area (Å²) in [5.74, 6) is -5.20. The number of thioether (sulfide) groups is 1. The second-order valence-electron chi connectivity index (χ2n) is 2.24. The summed E-state index contributed by atoms with van der Waals surface area (Å²) in [5, 5.41) is 7.65. The van der Waals surface area contributed by atoms with Crippen molar-refractivity contribution in [3.63, 3.8) is 0 Å². The molecule has 0 aromatic rings. The third-order valence-corrected chi connectivity index (χ3v) is 2.05. The minimum Gasteiger partial charge on any atom is -0.481 e. The van der Waals surface area contributed by atoms with Crippen LogP contribution >= 0.6 is 11.8 Å². The van der Waals surface area contributed by atoms with Crippen molar-refractivity contribution >= 4 is 22.8 Å². The highest BCUT2D eigenvalue weighted by molar-refractivity contribution is 8.13. The highest BCUT2D eigenvalue weighted by Gasteiger charge is 2.45. The highest BCUT2D eigenvalue weighted by Crippen LogP contribution is 2.29. The van der Waals surface area contributed by atoms with Crippen molar-refractivity contribution in [3.8, 4) is 0 Å². The fourth-order valence-electron chi connectivity index (χ4n) is 0.506. The van der Waals surface area contributed by atoms with Crippen LogP contribution in [0.5, 0.6) is 0 Å². The van der Waals surface area contributed by atoms with Crippen molar-refractivity contribution in [1.82, 2.24) is 0 Å². The maximum absolute atomic E-state index is 11.9. The number of carbonyl (C=O) groups excluding carboxylic acids is 1. The van der Waals surface area contributed by atoms with Gasteiger partial charge in [-0.1, -0.05) is 11.8 Å². The SMILES string of the molecule is CC(=O)SC[C@@H](C(=O)O)C(F)(F)F. The van der Waals surface area contributed by atoms with Crippen LogP contribution in [0.3, 0.4) is 0 Å². The second-order valence-corrected chi connectivity index (χ2v) is 3.43. The van der Waals surface area contributed by atoms with Gasteiger partial charge in [-0.15, -0.1) is 0 Å². The van der Waals surface area contributed by atoms with Crippen molar-refractivity contribution in [2.75, 3.05) is 5.75 Å². The van der Waals surface area contributed by atoms with Crippen molar-refractivity contribution in [1.29, 1.82) is 0 Å². The highest BCUT2D eigenvalue weighted by atomic mass is 32.2. The van der Waals surface area contributed by atoms with Crippen molar-refractivity contribution < 1.29 is 27.9 Å². The molecule has 0 aliphatic heterocycles. The summed E-state index contributed by atoms with van der Waals surface area (Å²) in [5.41, 5.74) is 0. The summed E-state index contributed by atoms with van der Waals surface area (Å²) < 4.78 is 35.7. The molecule has 1 atom stereocenters. The lowest BCUT2D eigenvalue weighted by Gasteiger charge is -2.14. The third-order valence-electron chi connectivity index (χ3n) is 1.15. The molecule has 0 rings (SSSR count). The zero-order valence-corrected chi connectivity index (χ0v) is 7.41. The van der Waals surface area contributed by atoms with E-state index in [4.69, 9.17) is 5.11 Å². The van der Waals surface area contributed by atoms with Gasteiger partial charge in [0.25, 0.3) is 0 Å². The number of carboxylic acid groups (broad SMARTS) is 1. The lowest BCUT2D eigenvalue weighted by molar-refractivity contribution is -0.188. The number of aliphatic carboxylic acids is 1. The second kappa shape index (κ2) is 4.50. The van der Waals surface area contributed by atoms with Gasteiger partial charge in [-0.2, -0.15) is 13.2 Å². The monoisotopic (exact) mass is 216 g/mol. The Morgan fingerprint density at radius 3 is 2.15 bits per heavy atom. The van der Waals surface area contributed by atoms with Crippen LogP contribution in [0.2, 0.25) is 0 Å². The van der Waals surface area contributed by atoms with Gasteiger partial charge in [-0.05, 0) is 0 Å². The molecular weight excluding hydrogens is 209 g/mol. The molecule has 0 amide bonds. The molecule has 0 spiro atoms. The molecule has 76 valence electrons. The quantitative estimate of drug-likeness (QED) is 0.777. The van der Waals surface area contributed by atoms with E-state index < -0.39 is 28.9 Å². The number of halogens is 3. The van der Waals surface area contributed by atoms with E-state index in [1.807, 2.05) is 0 Å². The molecular formula is C6H7F3O3S. The number of hydrogen-bond donors (Lipinski definition) is 1. The molecule has 0 saturated heterocycles. The van der Waals surface area contributed by atoms with Crippen LogP contribution in [0.1, 0.15) is 6.92 Å². The van der Waals surface area contributed by atoms with Crippen LogP contribution in [0.4, 0.5) is 13.2 Å². The minimum absolute atomic E-state index is 0.355. The first-order chi connectivity index (χ1) is 5.75. The summed E-state index contributed by atoms with van der Waals surface area (Å²) in [6.07, 6.45) is -4.80. The Bertz CT molecular complexity index is 214. The summed E-state index contributed by atoms with van der Waals surface area (Å²) in [4.78, 5) is 20.4. The third kappa shape index (κ3) is 4.76.